The maximum absolute atomic E-state index is 13.4. The van der Waals surface area contributed by atoms with Gasteiger partial charge in [-0.05, 0) is 35.2 Å². The quantitative estimate of drug-likeness (QED) is 0.479. The van der Waals surface area contributed by atoms with Gasteiger partial charge in [-0.25, -0.2) is 4.39 Å². The number of hydrogen-bond acceptors (Lipinski definition) is 2. The third-order valence-electron chi connectivity index (χ3n) is 5.22. The molecule has 3 aromatic rings. The molecule has 0 radical (unpaired) electrons. The van der Waals surface area contributed by atoms with E-state index in [1.807, 2.05) is 53.9 Å². The molecule has 0 spiro atoms. The molecule has 1 saturated carbocycles. The lowest BCUT2D eigenvalue weighted by atomic mass is 9.83. The lowest BCUT2D eigenvalue weighted by Crippen LogP contribution is -2.27. The van der Waals surface area contributed by atoms with Gasteiger partial charge in [-0.15, -0.1) is 11.3 Å². The number of para-hydroxylation sites is 1. The van der Waals surface area contributed by atoms with E-state index in [1.54, 1.807) is 11.3 Å². The Bertz CT molecular complexity index is 939. The Morgan fingerprint density at radius 2 is 1.72 bits per heavy atom. The van der Waals surface area contributed by atoms with E-state index in [4.69, 9.17) is 27.9 Å². The largest absolute Gasteiger partial charge is 0.478 e. The topological polar surface area (TPSA) is 9.23 Å². The average molecular weight is 391 g/mol. The van der Waals surface area contributed by atoms with Gasteiger partial charge in [-0.2, -0.15) is 0 Å². The van der Waals surface area contributed by atoms with Gasteiger partial charge in [0.2, 0.25) is 0 Å². The SMILES string of the molecule is Fc1ccc([C@@H]2c3ccccc3O[C@@]3(c4cccs4)[C@H]2C3(Cl)Cl)cc1. The van der Waals surface area contributed by atoms with Crippen LogP contribution >= 0.6 is 34.5 Å². The number of fused-ring (bicyclic) bond motifs is 2. The summed E-state index contributed by atoms with van der Waals surface area (Å²) < 4.78 is 18.8. The van der Waals surface area contributed by atoms with Crippen molar-refractivity contribution in [2.45, 2.75) is 15.9 Å². The molecule has 1 aromatic heterocycles. The highest BCUT2D eigenvalue weighted by Gasteiger charge is 2.84. The minimum absolute atomic E-state index is 0.0531. The Labute approximate surface area is 159 Å². The summed E-state index contributed by atoms with van der Waals surface area (Å²) >= 11 is 15.2. The fourth-order valence-corrected chi connectivity index (χ4v) is 6.11. The molecular weight excluding hydrogens is 378 g/mol. The zero-order valence-electron chi connectivity index (χ0n) is 13.0. The molecule has 5 rings (SSSR count). The van der Waals surface area contributed by atoms with E-state index in [0.717, 1.165) is 21.8 Å². The highest BCUT2D eigenvalue weighted by molar-refractivity contribution is 7.10. The fraction of sp³-hybridized carbons (Fsp3) is 0.200. The maximum atomic E-state index is 13.4. The molecule has 2 aromatic carbocycles. The zero-order valence-corrected chi connectivity index (χ0v) is 15.3. The summed E-state index contributed by atoms with van der Waals surface area (Å²) in [5, 5.41) is 2.00. The Balaban J connectivity index is 1.73. The van der Waals surface area contributed by atoms with Crippen molar-refractivity contribution >= 4 is 34.5 Å². The van der Waals surface area contributed by atoms with Gasteiger partial charge >= 0.3 is 0 Å². The van der Waals surface area contributed by atoms with Crippen LogP contribution in [-0.4, -0.2) is 4.33 Å². The average Bonchev–Trinajstić information content (AvgIpc) is 2.99. The standard InChI is InChI=1S/C20H13Cl2FOS/c21-20(22)18-17(12-7-9-13(23)10-8-12)14-4-1-2-5-15(14)24-19(18,20)16-6-3-11-25-16/h1-11,17-18H/t17-,18+,19+/m1/s1. The predicted octanol–water partition coefficient (Wildman–Crippen LogP) is 6.11. The predicted molar refractivity (Wildman–Crippen MR) is 99.2 cm³/mol. The van der Waals surface area contributed by atoms with Gasteiger partial charge < -0.3 is 4.74 Å². The van der Waals surface area contributed by atoms with Gasteiger partial charge in [0, 0.05) is 11.5 Å². The molecule has 1 fully saturated rings. The summed E-state index contributed by atoms with van der Waals surface area (Å²) in [5.41, 5.74) is 1.26. The summed E-state index contributed by atoms with van der Waals surface area (Å²) in [5.74, 6) is 0.335. The van der Waals surface area contributed by atoms with Gasteiger partial charge in [-0.1, -0.05) is 59.6 Å². The maximum Gasteiger partial charge on any atom is 0.183 e. The van der Waals surface area contributed by atoms with Gasteiger partial charge in [0.15, 0.2) is 9.93 Å². The van der Waals surface area contributed by atoms with Crippen LogP contribution in [0.15, 0.2) is 66.0 Å². The monoisotopic (exact) mass is 390 g/mol. The van der Waals surface area contributed by atoms with Crippen LogP contribution in [0, 0.1) is 11.7 Å². The number of thiophene rings is 1. The van der Waals surface area contributed by atoms with Gasteiger partial charge in [-0.3, -0.25) is 0 Å². The summed E-state index contributed by atoms with van der Waals surface area (Å²) in [6, 6.07) is 18.5. The number of rotatable bonds is 2. The second-order valence-corrected chi connectivity index (χ2v) is 8.82. The lowest BCUT2D eigenvalue weighted by molar-refractivity contribution is 0.141. The molecule has 25 heavy (non-hydrogen) atoms. The molecule has 0 saturated heterocycles. The third kappa shape index (κ3) is 2.00. The Kier molecular flexibility index (Phi) is 3.28. The number of ether oxygens (including phenoxy) is 1. The van der Waals surface area contributed by atoms with Crippen molar-refractivity contribution in [3.8, 4) is 5.75 Å². The van der Waals surface area contributed by atoms with Gasteiger partial charge in [0.05, 0.1) is 10.8 Å². The summed E-state index contributed by atoms with van der Waals surface area (Å²) in [6.45, 7) is 0. The van der Waals surface area contributed by atoms with Crippen LogP contribution in [0.2, 0.25) is 0 Å². The van der Waals surface area contributed by atoms with Crippen molar-refractivity contribution < 1.29 is 9.13 Å². The van der Waals surface area contributed by atoms with Crippen LogP contribution in [0.3, 0.4) is 0 Å². The normalized spacial score (nSPS) is 28.6. The molecule has 1 nitrogen and oxygen atoms in total. The smallest absolute Gasteiger partial charge is 0.183 e. The van der Waals surface area contributed by atoms with Crippen LogP contribution in [0.25, 0.3) is 0 Å². The molecule has 1 aliphatic heterocycles. The number of halogens is 3. The Hall–Kier alpha value is -1.55. The van der Waals surface area contributed by atoms with E-state index in [1.165, 1.54) is 12.1 Å². The molecule has 126 valence electrons. The number of hydrogen-bond donors (Lipinski definition) is 0. The van der Waals surface area contributed by atoms with Crippen molar-refractivity contribution in [3.05, 3.63) is 87.9 Å². The second-order valence-electron chi connectivity index (χ2n) is 6.48. The third-order valence-corrected chi connectivity index (χ3v) is 7.23. The fourth-order valence-electron chi connectivity index (χ4n) is 4.06. The molecule has 0 unspecified atom stereocenters. The van der Waals surface area contributed by atoms with E-state index in [2.05, 4.69) is 0 Å². The van der Waals surface area contributed by atoms with E-state index in [-0.39, 0.29) is 17.7 Å². The van der Waals surface area contributed by atoms with Crippen LogP contribution in [0.4, 0.5) is 4.39 Å². The minimum Gasteiger partial charge on any atom is -0.478 e. The zero-order chi connectivity index (χ0) is 17.2. The number of alkyl halides is 2. The molecule has 3 atom stereocenters. The Morgan fingerprint density at radius 3 is 2.44 bits per heavy atom. The summed E-state index contributed by atoms with van der Waals surface area (Å²) in [7, 11) is 0. The van der Waals surface area contributed by atoms with Crippen molar-refractivity contribution in [2.75, 3.05) is 0 Å². The summed E-state index contributed by atoms with van der Waals surface area (Å²) in [4.78, 5) is 1.02. The van der Waals surface area contributed by atoms with E-state index in [0.29, 0.717) is 0 Å². The van der Waals surface area contributed by atoms with Crippen LogP contribution in [0.5, 0.6) is 5.75 Å². The molecule has 2 heterocycles. The molecule has 0 N–H and O–H groups in total. The van der Waals surface area contributed by atoms with Crippen molar-refractivity contribution in [1.29, 1.82) is 0 Å². The molecule has 2 aliphatic rings. The van der Waals surface area contributed by atoms with Gasteiger partial charge in [0.1, 0.15) is 11.6 Å². The molecular formula is C20H13Cl2FOS. The first kappa shape index (κ1) is 15.7. The first-order valence-corrected chi connectivity index (χ1v) is 9.64. The Morgan fingerprint density at radius 1 is 0.960 bits per heavy atom. The molecule has 5 heteroatoms. The number of benzene rings is 2. The van der Waals surface area contributed by atoms with E-state index in [9.17, 15) is 4.39 Å². The molecule has 0 bridgehead atoms. The van der Waals surface area contributed by atoms with Crippen molar-refractivity contribution in [3.63, 3.8) is 0 Å². The minimum atomic E-state index is -1.05. The van der Waals surface area contributed by atoms with Crippen LogP contribution in [-0.2, 0) is 5.60 Å². The van der Waals surface area contributed by atoms with Crippen molar-refractivity contribution in [2.24, 2.45) is 5.92 Å². The lowest BCUT2D eigenvalue weighted by Gasteiger charge is -2.31. The van der Waals surface area contributed by atoms with E-state index >= 15 is 0 Å². The van der Waals surface area contributed by atoms with Crippen molar-refractivity contribution in [1.82, 2.24) is 0 Å². The first-order valence-electron chi connectivity index (χ1n) is 8.01. The van der Waals surface area contributed by atoms with Gasteiger partial charge in [0.25, 0.3) is 0 Å². The second kappa shape index (κ2) is 5.23. The highest BCUT2D eigenvalue weighted by atomic mass is 35.5. The van der Waals surface area contributed by atoms with Crippen LogP contribution in [0.1, 0.15) is 21.9 Å². The highest BCUT2D eigenvalue weighted by Crippen LogP contribution is 2.77. The molecule has 0 amide bonds. The van der Waals surface area contributed by atoms with E-state index < -0.39 is 9.93 Å². The first-order chi connectivity index (χ1) is 12.1. The van der Waals surface area contributed by atoms with Crippen LogP contribution < -0.4 is 4.74 Å². The summed E-state index contributed by atoms with van der Waals surface area (Å²) in [6.07, 6.45) is 0. The molecule has 1 aliphatic carbocycles.